The number of benzene rings is 2. The quantitative estimate of drug-likeness (QED) is 0.430. The van der Waals surface area contributed by atoms with Crippen molar-refractivity contribution in [3.05, 3.63) is 80.8 Å². The fourth-order valence-electron chi connectivity index (χ4n) is 2.43. The van der Waals surface area contributed by atoms with Crippen molar-refractivity contribution >= 4 is 23.3 Å². The van der Waals surface area contributed by atoms with Crippen LogP contribution in [0.15, 0.2) is 64.3 Å². The van der Waals surface area contributed by atoms with Crippen molar-refractivity contribution in [2.24, 2.45) is 7.05 Å². The number of non-ortho nitro benzene ring substituents is 1. The maximum atomic E-state index is 12.8. The molecular weight excluding hydrogens is 340 g/mol. The average molecular weight is 356 g/mol. The number of para-hydroxylation sites is 1. The molecule has 1 N–H and O–H groups in total. The second-order valence-corrected chi connectivity index (χ2v) is 6.27. The van der Waals surface area contributed by atoms with Crippen LogP contribution >= 0.6 is 11.9 Å². The highest BCUT2D eigenvalue weighted by molar-refractivity contribution is 8.00. The molecule has 0 unspecified atom stereocenters. The lowest BCUT2D eigenvalue weighted by Crippen LogP contribution is -2.20. The fraction of sp³-hybridized carbons (Fsp3) is 0.118. The highest BCUT2D eigenvalue weighted by Crippen LogP contribution is 2.24. The Hall–Kier alpha value is -3.00. The molecule has 0 aliphatic heterocycles. The minimum absolute atomic E-state index is 0.0340. The van der Waals surface area contributed by atoms with Crippen LogP contribution < -0.4 is 10.3 Å². The lowest BCUT2D eigenvalue weighted by Gasteiger charge is -2.07. The Balaban J connectivity index is 1.86. The summed E-state index contributed by atoms with van der Waals surface area (Å²) in [4.78, 5) is 23.8. The van der Waals surface area contributed by atoms with Gasteiger partial charge in [0.1, 0.15) is 5.69 Å². The predicted octanol–water partition coefficient (Wildman–Crippen LogP) is 3.51. The molecule has 0 saturated heterocycles. The maximum Gasteiger partial charge on any atom is 0.295 e. The highest BCUT2D eigenvalue weighted by atomic mass is 32.2. The molecule has 3 aromatic rings. The molecule has 0 aliphatic rings. The summed E-state index contributed by atoms with van der Waals surface area (Å²) in [6, 6.07) is 15.5. The molecule has 3 rings (SSSR count). The number of aromatic nitrogens is 2. The van der Waals surface area contributed by atoms with Crippen LogP contribution in [0.25, 0.3) is 5.69 Å². The summed E-state index contributed by atoms with van der Waals surface area (Å²) < 4.78 is 6.45. The minimum Gasteiger partial charge on any atom is -0.319 e. The van der Waals surface area contributed by atoms with Crippen LogP contribution in [-0.2, 0) is 7.05 Å². The van der Waals surface area contributed by atoms with Crippen LogP contribution in [0.4, 0.5) is 11.4 Å². The Bertz CT molecular complexity index is 962. The van der Waals surface area contributed by atoms with E-state index in [1.54, 1.807) is 21.5 Å². The molecule has 128 valence electrons. The molecule has 0 bridgehead atoms. The van der Waals surface area contributed by atoms with Crippen LogP contribution in [0.2, 0.25) is 0 Å². The van der Waals surface area contributed by atoms with Crippen LogP contribution in [0, 0.1) is 17.0 Å². The summed E-state index contributed by atoms with van der Waals surface area (Å²) in [6.45, 7) is 1.86. The third kappa shape index (κ3) is 3.29. The van der Waals surface area contributed by atoms with Gasteiger partial charge in [-0.15, -0.1) is 0 Å². The van der Waals surface area contributed by atoms with E-state index in [1.807, 2.05) is 44.3 Å². The smallest absolute Gasteiger partial charge is 0.295 e. The van der Waals surface area contributed by atoms with Crippen molar-refractivity contribution < 1.29 is 4.92 Å². The largest absolute Gasteiger partial charge is 0.319 e. The maximum absolute atomic E-state index is 12.8. The predicted molar refractivity (Wildman–Crippen MR) is 98.3 cm³/mol. The molecule has 0 aliphatic carbocycles. The van der Waals surface area contributed by atoms with Crippen molar-refractivity contribution in [2.75, 3.05) is 4.72 Å². The highest BCUT2D eigenvalue weighted by Gasteiger charge is 2.16. The Morgan fingerprint density at radius 2 is 1.72 bits per heavy atom. The number of rotatable bonds is 5. The molecule has 1 heterocycles. The van der Waals surface area contributed by atoms with Crippen molar-refractivity contribution in [1.29, 1.82) is 0 Å². The van der Waals surface area contributed by atoms with Gasteiger partial charge in [0.25, 0.3) is 11.2 Å². The van der Waals surface area contributed by atoms with Gasteiger partial charge in [-0.05, 0) is 43.1 Å². The van der Waals surface area contributed by atoms with Gasteiger partial charge in [-0.25, -0.2) is 4.68 Å². The summed E-state index contributed by atoms with van der Waals surface area (Å²) in [5, 5.41) is 10.7. The van der Waals surface area contributed by atoms with E-state index < -0.39 is 4.92 Å². The van der Waals surface area contributed by atoms with Crippen molar-refractivity contribution in [3.63, 3.8) is 0 Å². The fourth-order valence-corrected chi connectivity index (χ4v) is 3.16. The molecule has 2 aromatic carbocycles. The summed E-state index contributed by atoms with van der Waals surface area (Å²) in [5.41, 5.74) is 1.94. The molecule has 8 heteroatoms. The third-order valence-corrected chi connectivity index (χ3v) is 4.69. The van der Waals surface area contributed by atoms with E-state index >= 15 is 0 Å². The second kappa shape index (κ2) is 6.86. The van der Waals surface area contributed by atoms with Gasteiger partial charge < -0.3 is 4.72 Å². The summed E-state index contributed by atoms with van der Waals surface area (Å²) >= 11 is 1.24. The summed E-state index contributed by atoms with van der Waals surface area (Å²) in [5.74, 6) is 0. The van der Waals surface area contributed by atoms with E-state index in [0.29, 0.717) is 5.69 Å². The Labute approximate surface area is 148 Å². The Kier molecular flexibility index (Phi) is 4.62. The van der Waals surface area contributed by atoms with Gasteiger partial charge in [0.15, 0.2) is 0 Å². The molecule has 0 saturated carbocycles. The summed E-state index contributed by atoms with van der Waals surface area (Å²) in [7, 11) is 1.82. The SMILES string of the molecule is Cc1c(NSc2ccc([N+](=O)[O-])cc2)c(=O)n(-c2ccccc2)n1C. The molecular formula is C17H16N4O3S. The number of nitro groups is 1. The number of anilines is 1. The molecule has 1 aromatic heterocycles. The zero-order valence-electron chi connectivity index (χ0n) is 13.7. The normalized spacial score (nSPS) is 10.6. The van der Waals surface area contributed by atoms with Crippen LogP contribution in [0.5, 0.6) is 0 Å². The van der Waals surface area contributed by atoms with E-state index in [2.05, 4.69) is 4.72 Å². The Morgan fingerprint density at radius 3 is 2.32 bits per heavy atom. The number of nitro benzene ring substituents is 1. The van der Waals surface area contributed by atoms with E-state index in [0.717, 1.165) is 16.3 Å². The molecule has 0 spiro atoms. The lowest BCUT2D eigenvalue weighted by atomic mass is 10.3. The number of hydrogen-bond donors (Lipinski definition) is 1. The zero-order valence-corrected chi connectivity index (χ0v) is 14.5. The number of hydrogen-bond acceptors (Lipinski definition) is 5. The van der Waals surface area contributed by atoms with Crippen molar-refractivity contribution in [2.45, 2.75) is 11.8 Å². The van der Waals surface area contributed by atoms with Gasteiger partial charge in [-0.2, -0.15) is 0 Å². The van der Waals surface area contributed by atoms with E-state index in [4.69, 9.17) is 0 Å². The van der Waals surface area contributed by atoms with Gasteiger partial charge >= 0.3 is 0 Å². The topological polar surface area (TPSA) is 82.1 Å². The molecule has 0 radical (unpaired) electrons. The molecule has 0 atom stereocenters. The van der Waals surface area contributed by atoms with Gasteiger partial charge in [-0.3, -0.25) is 19.6 Å². The monoisotopic (exact) mass is 356 g/mol. The van der Waals surface area contributed by atoms with Crippen molar-refractivity contribution in [1.82, 2.24) is 9.36 Å². The van der Waals surface area contributed by atoms with Gasteiger partial charge in [0, 0.05) is 24.1 Å². The first-order chi connectivity index (χ1) is 12.0. The molecule has 7 nitrogen and oxygen atoms in total. The first kappa shape index (κ1) is 16.8. The van der Waals surface area contributed by atoms with Gasteiger partial charge in [0.05, 0.1) is 16.3 Å². The number of nitrogens with zero attached hydrogens (tertiary/aromatic N) is 3. The van der Waals surface area contributed by atoms with Gasteiger partial charge in [0.2, 0.25) is 0 Å². The first-order valence-corrected chi connectivity index (χ1v) is 8.32. The van der Waals surface area contributed by atoms with Crippen molar-refractivity contribution in [3.8, 4) is 5.69 Å². The van der Waals surface area contributed by atoms with E-state index in [9.17, 15) is 14.9 Å². The minimum atomic E-state index is -0.443. The summed E-state index contributed by atoms with van der Waals surface area (Å²) in [6.07, 6.45) is 0. The average Bonchev–Trinajstić information content (AvgIpc) is 2.83. The zero-order chi connectivity index (χ0) is 18.0. The van der Waals surface area contributed by atoms with Gasteiger partial charge in [-0.1, -0.05) is 18.2 Å². The molecule has 0 fully saturated rings. The van der Waals surface area contributed by atoms with Crippen LogP contribution in [0.3, 0.4) is 0 Å². The first-order valence-electron chi connectivity index (χ1n) is 7.50. The van der Waals surface area contributed by atoms with E-state index in [1.165, 1.54) is 24.1 Å². The standard InChI is InChI=1S/C17H16N4O3S/c1-12-16(18-25-15-10-8-14(9-11-15)21(23)24)17(22)20(19(12)2)13-6-4-3-5-7-13/h3-11,18H,1-2H3. The lowest BCUT2D eigenvalue weighted by molar-refractivity contribution is -0.384. The Morgan fingerprint density at radius 1 is 1.08 bits per heavy atom. The second-order valence-electron chi connectivity index (χ2n) is 5.39. The van der Waals surface area contributed by atoms with E-state index in [-0.39, 0.29) is 11.2 Å². The van der Waals surface area contributed by atoms with Crippen LogP contribution in [0.1, 0.15) is 5.69 Å². The third-order valence-electron chi connectivity index (χ3n) is 3.87. The molecule has 25 heavy (non-hydrogen) atoms. The molecule has 0 amide bonds. The van der Waals surface area contributed by atoms with Crippen LogP contribution in [-0.4, -0.2) is 14.3 Å². The number of nitrogens with one attached hydrogen (secondary N) is 1.